The molecule has 1 aromatic carbocycles. The third-order valence-corrected chi connectivity index (χ3v) is 5.12. The molecule has 0 aliphatic heterocycles. The minimum absolute atomic E-state index is 0.308. The average molecular weight is 387 g/mol. The number of anilines is 1. The molecule has 8 heteroatoms. The molecule has 0 unspecified atom stereocenters. The van der Waals surface area contributed by atoms with Crippen LogP contribution in [-0.2, 0) is 7.05 Å². The monoisotopic (exact) mass is 387 g/mol. The molecule has 0 aliphatic carbocycles. The Hall–Kier alpha value is -3.00. The highest BCUT2D eigenvalue weighted by atomic mass is 32.1. The van der Waals surface area contributed by atoms with E-state index in [-0.39, 0.29) is 5.91 Å². The van der Waals surface area contributed by atoms with Gasteiger partial charge in [-0.2, -0.15) is 0 Å². The fourth-order valence-electron chi connectivity index (χ4n) is 2.67. The number of amides is 1. The summed E-state index contributed by atoms with van der Waals surface area (Å²) in [5.41, 5.74) is 2.98. The molecule has 1 N–H and O–H groups in total. The molecular formula is C19H21N3O4S. The summed E-state index contributed by atoms with van der Waals surface area (Å²) in [5, 5.41) is 5.36. The lowest BCUT2D eigenvalue weighted by molar-refractivity contribution is 0.102. The Morgan fingerprint density at radius 1 is 1.11 bits per heavy atom. The first-order valence-corrected chi connectivity index (χ1v) is 9.06. The number of rotatable bonds is 6. The Balaban J connectivity index is 1.85. The van der Waals surface area contributed by atoms with Crippen LogP contribution in [0.1, 0.15) is 16.2 Å². The molecule has 3 aromatic rings. The van der Waals surface area contributed by atoms with Crippen molar-refractivity contribution in [2.75, 3.05) is 26.6 Å². The Morgan fingerprint density at radius 2 is 1.78 bits per heavy atom. The number of aromatic nitrogens is 2. The molecule has 0 aliphatic rings. The lowest BCUT2D eigenvalue weighted by atomic mass is 10.2. The number of nitrogens with zero attached hydrogens (tertiary/aromatic N) is 2. The largest absolute Gasteiger partial charge is 0.493 e. The molecule has 2 heterocycles. The van der Waals surface area contributed by atoms with Crippen LogP contribution in [0.15, 0.2) is 29.6 Å². The van der Waals surface area contributed by atoms with Gasteiger partial charge in [-0.1, -0.05) is 0 Å². The Labute approximate surface area is 161 Å². The number of hydrogen-bond acceptors (Lipinski definition) is 6. The second-order valence-electron chi connectivity index (χ2n) is 5.83. The van der Waals surface area contributed by atoms with Gasteiger partial charge < -0.3 is 24.1 Å². The van der Waals surface area contributed by atoms with Crippen LogP contribution in [0.25, 0.3) is 10.7 Å². The number of aryl methyl sites for hydroxylation is 1. The van der Waals surface area contributed by atoms with Gasteiger partial charge in [-0.05, 0) is 19.1 Å². The zero-order valence-electron chi connectivity index (χ0n) is 15.8. The fourth-order valence-corrected chi connectivity index (χ4v) is 3.53. The fraction of sp³-hybridized carbons (Fsp3) is 0.263. The highest BCUT2D eigenvalue weighted by Gasteiger charge is 2.17. The van der Waals surface area contributed by atoms with Crippen molar-refractivity contribution in [1.29, 1.82) is 0 Å². The second-order valence-corrected chi connectivity index (χ2v) is 6.68. The highest BCUT2D eigenvalue weighted by Crippen LogP contribution is 2.40. The van der Waals surface area contributed by atoms with E-state index in [9.17, 15) is 4.79 Å². The van der Waals surface area contributed by atoms with Crippen LogP contribution in [-0.4, -0.2) is 36.8 Å². The van der Waals surface area contributed by atoms with E-state index >= 15 is 0 Å². The summed E-state index contributed by atoms with van der Waals surface area (Å²) in [6.45, 7) is 2.02. The topological polar surface area (TPSA) is 74.6 Å². The molecule has 3 rings (SSSR count). The van der Waals surface area contributed by atoms with Gasteiger partial charge in [0, 0.05) is 35.9 Å². The number of thiazole rings is 1. The Kier molecular flexibility index (Phi) is 5.36. The Bertz CT molecular complexity index is 952. The number of carbonyl (C=O) groups is 1. The smallest absolute Gasteiger partial charge is 0.275 e. The lowest BCUT2D eigenvalue weighted by Gasteiger charge is -2.14. The molecule has 7 nitrogen and oxygen atoms in total. The average Bonchev–Trinajstić information content (AvgIpc) is 3.28. The normalized spacial score (nSPS) is 10.6. The van der Waals surface area contributed by atoms with E-state index in [1.165, 1.54) is 32.7 Å². The van der Waals surface area contributed by atoms with Crippen molar-refractivity contribution in [3.63, 3.8) is 0 Å². The summed E-state index contributed by atoms with van der Waals surface area (Å²) >= 11 is 1.43. The van der Waals surface area contributed by atoms with Gasteiger partial charge in [0.05, 0.1) is 27.0 Å². The van der Waals surface area contributed by atoms with Gasteiger partial charge in [-0.3, -0.25) is 4.79 Å². The predicted molar refractivity (Wildman–Crippen MR) is 105 cm³/mol. The minimum atomic E-state index is -0.308. The minimum Gasteiger partial charge on any atom is -0.493 e. The van der Waals surface area contributed by atoms with E-state index in [0.717, 1.165) is 16.4 Å². The lowest BCUT2D eigenvalue weighted by Crippen LogP contribution is -2.12. The first-order chi connectivity index (χ1) is 13.0. The maximum Gasteiger partial charge on any atom is 0.275 e. The predicted octanol–water partition coefficient (Wildman–Crippen LogP) is 3.74. The highest BCUT2D eigenvalue weighted by molar-refractivity contribution is 7.13. The van der Waals surface area contributed by atoms with E-state index in [0.29, 0.717) is 28.6 Å². The van der Waals surface area contributed by atoms with Crippen LogP contribution >= 0.6 is 11.3 Å². The van der Waals surface area contributed by atoms with E-state index < -0.39 is 0 Å². The molecule has 0 radical (unpaired) electrons. The second kappa shape index (κ2) is 7.71. The van der Waals surface area contributed by atoms with Crippen LogP contribution in [0.5, 0.6) is 17.2 Å². The van der Waals surface area contributed by atoms with Crippen molar-refractivity contribution < 1.29 is 19.0 Å². The van der Waals surface area contributed by atoms with Crippen LogP contribution < -0.4 is 19.5 Å². The van der Waals surface area contributed by atoms with Crippen molar-refractivity contribution in [3.05, 3.63) is 41.0 Å². The van der Waals surface area contributed by atoms with E-state index in [2.05, 4.69) is 10.3 Å². The van der Waals surface area contributed by atoms with E-state index in [1.54, 1.807) is 17.5 Å². The summed E-state index contributed by atoms with van der Waals surface area (Å²) in [5.74, 6) is 1.08. The zero-order chi connectivity index (χ0) is 19.6. The van der Waals surface area contributed by atoms with Crippen molar-refractivity contribution in [2.45, 2.75) is 6.92 Å². The van der Waals surface area contributed by atoms with Crippen LogP contribution in [0.3, 0.4) is 0 Å². The molecule has 27 heavy (non-hydrogen) atoms. The molecule has 0 fully saturated rings. The third kappa shape index (κ3) is 3.61. The van der Waals surface area contributed by atoms with Crippen LogP contribution in [0, 0.1) is 6.92 Å². The van der Waals surface area contributed by atoms with Gasteiger partial charge in [-0.25, -0.2) is 4.98 Å². The molecule has 142 valence electrons. The number of ether oxygens (including phenoxy) is 3. The number of nitrogens with one attached hydrogen (secondary N) is 1. The van der Waals surface area contributed by atoms with Gasteiger partial charge >= 0.3 is 0 Å². The van der Waals surface area contributed by atoms with Gasteiger partial charge in [0.25, 0.3) is 5.91 Å². The number of carbonyl (C=O) groups excluding carboxylic acids is 1. The van der Waals surface area contributed by atoms with Crippen molar-refractivity contribution in [2.24, 2.45) is 7.05 Å². The molecule has 0 spiro atoms. The quantitative estimate of drug-likeness (QED) is 0.697. The summed E-state index contributed by atoms with van der Waals surface area (Å²) in [7, 11) is 6.55. The maximum absolute atomic E-state index is 12.6. The maximum atomic E-state index is 12.6. The number of benzene rings is 1. The molecule has 2 aromatic heterocycles. The molecule has 0 saturated heterocycles. The number of hydrogen-bond donors (Lipinski definition) is 1. The van der Waals surface area contributed by atoms with Crippen LogP contribution in [0.4, 0.5) is 5.69 Å². The van der Waals surface area contributed by atoms with Crippen molar-refractivity contribution >= 4 is 22.9 Å². The van der Waals surface area contributed by atoms with Gasteiger partial charge in [0.1, 0.15) is 10.7 Å². The zero-order valence-corrected chi connectivity index (χ0v) is 16.6. The van der Waals surface area contributed by atoms with Crippen LogP contribution in [0.2, 0.25) is 0 Å². The molecule has 1 amide bonds. The van der Waals surface area contributed by atoms with E-state index in [4.69, 9.17) is 14.2 Å². The van der Waals surface area contributed by atoms with Gasteiger partial charge in [-0.15, -0.1) is 11.3 Å². The molecule has 0 bridgehead atoms. The molecule has 0 saturated carbocycles. The standard InChI is InChI=1S/C19H21N3O4S/c1-11-6-7-14(22(11)2)19-21-13(10-27-19)18(23)20-12-8-15(24-3)17(26-5)16(9-12)25-4/h6-10H,1-5H3,(H,20,23). The first kappa shape index (κ1) is 18.8. The Morgan fingerprint density at radius 3 is 2.30 bits per heavy atom. The molecular weight excluding hydrogens is 366 g/mol. The summed E-state index contributed by atoms with van der Waals surface area (Å²) in [6, 6.07) is 7.36. The van der Waals surface area contributed by atoms with Gasteiger partial charge in [0.2, 0.25) is 5.75 Å². The molecule has 0 atom stereocenters. The van der Waals surface area contributed by atoms with Crippen molar-refractivity contribution in [1.82, 2.24) is 9.55 Å². The summed E-state index contributed by atoms with van der Waals surface area (Å²) in [4.78, 5) is 17.1. The van der Waals surface area contributed by atoms with E-state index in [1.807, 2.05) is 30.7 Å². The SMILES string of the molecule is COc1cc(NC(=O)c2csc(-c3ccc(C)n3C)n2)cc(OC)c1OC. The first-order valence-electron chi connectivity index (χ1n) is 8.18. The summed E-state index contributed by atoms with van der Waals surface area (Å²) < 4.78 is 18.0. The number of methoxy groups -OCH3 is 3. The van der Waals surface area contributed by atoms with Crippen molar-refractivity contribution in [3.8, 4) is 28.0 Å². The van der Waals surface area contributed by atoms with Gasteiger partial charge in [0.15, 0.2) is 11.5 Å². The summed E-state index contributed by atoms with van der Waals surface area (Å²) in [6.07, 6.45) is 0. The third-order valence-electron chi connectivity index (χ3n) is 4.25.